The highest BCUT2D eigenvalue weighted by Gasteiger charge is 2.14. The molecule has 0 unspecified atom stereocenters. The second-order valence-electron chi connectivity index (χ2n) is 6.86. The van der Waals surface area contributed by atoms with Gasteiger partial charge in [0.1, 0.15) is 11.6 Å². The monoisotopic (exact) mass is 511 g/mol. The third-order valence-electron chi connectivity index (χ3n) is 4.47. The van der Waals surface area contributed by atoms with Crippen LogP contribution in [0.3, 0.4) is 0 Å². The minimum absolute atomic E-state index is 0. The van der Waals surface area contributed by atoms with Gasteiger partial charge in [-0.3, -0.25) is 19.8 Å². The Morgan fingerprint density at radius 3 is 2.26 bits per heavy atom. The van der Waals surface area contributed by atoms with E-state index in [1.165, 1.54) is 38.4 Å². The minimum Gasteiger partial charge on any atom is -0.483 e. The molecule has 2 aromatic carbocycles. The minimum atomic E-state index is -0.462. The average molecular weight is 512 g/mol. The zero-order valence-electron chi connectivity index (χ0n) is 18.7. The fraction of sp³-hybridized carbons (Fsp3) is 0.273. The first-order chi connectivity index (χ1) is 15.7. The molecule has 34 heavy (non-hydrogen) atoms. The molecule has 0 heterocycles. The van der Waals surface area contributed by atoms with Gasteiger partial charge in [0.25, 0.3) is 17.7 Å². The molecule has 6 N–H and O–H groups in total. The van der Waals surface area contributed by atoms with E-state index >= 15 is 0 Å². The van der Waals surface area contributed by atoms with E-state index in [0.717, 1.165) is 0 Å². The Kier molecular flexibility index (Phi) is 11.8. The standard InChI is InChI=1S/C22H26ClN5O5.ClH/c1-26-19(29)12-33-18-10-13(20(24)25)3-4-14(18)11-28-22(31)16-7-15(8-17(23)9-16)21(30)27-5-6-32-2;/h3-4,7-10H,5-6,11-12H2,1-2H3,(H3,24,25)(H,26,29)(H,27,30)(H,28,31);1H. The maximum atomic E-state index is 12.7. The number of methoxy groups -OCH3 is 1. The molecule has 2 aromatic rings. The predicted octanol–water partition coefficient (Wildman–Crippen LogP) is 1.48. The Morgan fingerprint density at radius 2 is 1.68 bits per heavy atom. The zero-order chi connectivity index (χ0) is 24.4. The molecule has 0 bridgehead atoms. The summed E-state index contributed by atoms with van der Waals surface area (Å²) in [5.41, 5.74) is 6.95. The highest BCUT2D eigenvalue weighted by Crippen LogP contribution is 2.21. The van der Waals surface area contributed by atoms with Gasteiger partial charge in [-0.1, -0.05) is 23.7 Å². The summed E-state index contributed by atoms with van der Waals surface area (Å²) in [5, 5.41) is 15.7. The van der Waals surface area contributed by atoms with Crippen molar-refractivity contribution in [1.29, 1.82) is 5.41 Å². The van der Waals surface area contributed by atoms with E-state index in [4.69, 9.17) is 32.2 Å². The maximum absolute atomic E-state index is 12.7. The molecule has 10 nitrogen and oxygen atoms in total. The lowest BCUT2D eigenvalue weighted by Crippen LogP contribution is -2.28. The number of amides is 3. The van der Waals surface area contributed by atoms with Crippen LogP contribution in [0.25, 0.3) is 0 Å². The number of benzene rings is 2. The number of ether oxygens (including phenoxy) is 2. The van der Waals surface area contributed by atoms with E-state index in [-0.39, 0.29) is 59.4 Å². The molecule has 0 aliphatic heterocycles. The number of halogens is 2. The largest absolute Gasteiger partial charge is 0.483 e. The highest BCUT2D eigenvalue weighted by molar-refractivity contribution is 6.31. The number of carbonyl (C=O) groups is 3. The van der Waals surface area contributed by atoms with Crippen molar-refractivity contribution >= 4 is 47.6 Å². The first kappa shape index (κ1) is 28.7. The van der Waals surface area contributed by atoms with Gasteiger partial charge in [-0.05, 0) is 24.3 Å². The number of nitrogen functional groups attached to an aromatic ring is 1. The van der Waals surface area contributed by atoms with Gasteiger partial charge in [-0.2, -0.15) is 0 Å². The Labute approximate surface area is 208 Å². The van der Waals surface area contributed by atoms with Gasteiger partial charge in [0.05, 0.1) is 6.61 Å². The summed E-state index contributed by atoms with van der Waals surface area (Å²) in [6.45, 7) is 0.488. The van der Waals surface area contributed by atoms with E-state index in [0.29, 0.717) is 30.0 Å². The zero-order valence-corrected chi connectivity index (χ0v) is 20.3. The van der Waals surface area contributed by atoms with Gasteiger partial charge < -0.3 is 31.2 Å². The molecule has 0 radical (unpaired) electrons. The van der Waals surface area contributed by atoms with Gasteiger partial charge in [-0.25, -0.2) is 0 Å². The van der Waals surface area contributed by atoms with Crippen LogP contribution < -0.4 is 26.4 Å². The van der Waals surface area contributed by atoms with Crippen molar-refractivity contribution in [3.05, 3.63) is 63.7 Å². The number of rotatable bonds is 11. The Bertz CT molecular complexity index is 1050. The lowest BCUT2D eigenvalue weighted by molar-refractivity contribution is -0.122. The second-order valence-corrected chi connectivity index (χ2v) is 7.29. The first-order valence-corrected chi connectivity index (χ1v) is 10.3. The summed E-state index contributed by atoms with van der Waals surface area (Å²) in [4.78, 5) is 36.5. The molecule has 0 fully saturated rings. The summed E-state index contributed by atoms with van der Waals surface area (Å²) in [6, 6.07) is 9.12. The van der Waals surface area contributed by atoms with Crippen LogP contribution in [-0.2, 0) is 16.1 Å². The molecule has 2 rings (SSSR count). The Morgan fingerprint density at radius 1 is 1.03 bits per heavy atom. The van der Waals surface area contributed by atoms with Crippen molar-refractivity contribution in [3.63, 3.8) is 0 Å². The van der Waals surface area contributed by atoms with Crippen LogP contribution in [0.15, 0.2) is 36.4 Å². The normalized spacial score (nSPS) is 9.97. The van der Waals surface area contributed by atoms with Crippen LogP contribution in [-0.4, -0.2) is 57.5 Å². The molecule has 0 saturated carbocycles. The van der Waals surface area contributed by atoms with Crippen molar-refractivity contribution in [2.75, 3.05) is 33.9 Å². The molecule has 0 aliphatic carbocycles. The van der Waals surface area contributed by atoms with Gasteiger partial charge in [-0.15, -0.1) is 12.4 Å². The molecule has 0 spiro atoms. The fourth-order valence-electron chi connectivity index (χ4n) is 2.72. The number of hydrogen-bond acceptors (Lipinski definition) is 6. The van der Waals surface area contributed by atoms with E-state index in [2.05, 4.69) is 16.0 Å². The van der Waals surface area contributed by atoms with Crippen molar-refractivity contribution < 1.29 is 23.9 Å². The lowest BCUT2D eigenvalue weighted by Gasteiger charge is -2.14. The van der Waals surface area contributed by atoms with Crippen molar-refractivity contribution in [2.24, 2.45) is 5.73 Å². The number of nitrogens with two attached hydrogens (primary N) is 1. The summed E-state index contributed by atoms with van der Waals surface area (Å²) in [7, 11) is 3.01. The third-order valence-corrected chi connectivity index (χ3v) is 4.69. The summed E-state index contributed by atoms with van der Waals surface area (Å²) in [5.74, 6) is -1.04. The predicted molar refractivity (Wildman–Crippen MR) is 131 cm³/mol. The maximum Gasteiger partial charge on any atom is 0.257 e. The summed E-state index contributed by atoms with van der Waals surface area (Å²) in [6.07, 6.45) is 0. The van der Waals surface area contributed by atoms with Gasteiger partial charge in [0.15, 0.2) is 6.61 Å². The quantitative estimate of drug-likeness (QED) is 0.175. The molecule has 0 atom stereocenters. The Balaban J connectivity index is 0.00000578. The number of amidine groups is 1. The van der Waals surface area contributed by atoms with Crippen LogP contribution in [0, 0.1) is 5.41 Å². The summed E-state index contributed by atoms with van der Waals surface area (Å²) < 4.78 is 10.4. The van der Waals surface area contributed by atoms with Gasteiger partial charge in [0, 0.05) is 54.5 Å². The Hall–Kier alpha value is -3.34. The van der Waals surface area contributed by atoms with E-state index in [9.17, 15) is 14.4 Å². The summed E-state index contributed by atoms with van der Waals surface area (Å²) >= 11 is 6.10. The molecular formula is C22H27Cl2N5O5. The van der Waals surface area contributed by atoms with Crippen LogP contribution in [0.4, 0.5) is 0 Å². The molecule has 184 valence electrons. The van der Waals surface area contributed by atoms with Crippen LogP contribution in [0.2, 0.25) is 5.02 Å². The molecular weight excluding hydrogens is 485 g/mol. The number of nitrogens with one attached hydrogen (secondary N) is 4. The topological polar surface area (TPSA) is 156 Å². The van der Waals surface area contributed by atoms with Crippen LogP contribution in [0.5, 0.6) is 5.75 Å². The molecule has 0 saturated heterocycles. The lowest BCUT2D eigenvalue weighted by atomic mass is 10.1. The first-order valence-electron chi connectivity index (χ1n) is 9.91. The van der Waals surface area contributed by atoms with Crippen molar-refractivity contribution in [1.82, 2.24) is 16.0 Å². The van der Waals surface area contributed by atoms with Crippen molar-refractivity contribution in [3.8, 4) is 5.75 Å². The number of carbonyl (C=O) groups excluding carboxylic acids is 3. The third kappa shape index (κ3) is 8.54. The SMILES string of the molecule is CNC(=O)COc1cc(C(=N)N)ccc1CNC(=O)c1cc(Cl)cc(C(=O)NCCOC)c1.Cl. The number of likely N-dealkylation sites (N-methyl/N-ethyl adjacent to an activating group) is 1. The van der Waals surface area contributed by atoms with E-state index < -0.39 is 5.91 Å². The van der Waals surface area contributed by atoms with Crippen LogP contribution in [0.1, 0.15) is 31.8 Å². The molecule has 12 heteroatoms. The average Bonchev–Trinajstić information content (AvgIpc) is 2.80. The number of hydrogen-bond donors (Lipinski definition) is 5. The smallest absolute Gasteiger partial charge is 0.257 e. The second kappa shape index (κ2) is 14.0. The van der Waals surface area contributed by atoms with Crippen LogP contribution >= 0.6 is 24.0 Å². The van der Waals surface area contributed by atoms with Gasteiger partial charge in [0.2, 0.25) is 0 Å². The molecule has 0 aromatic heterocycles. The highest BCUT2D eigenvalue weighted by atomic mass is 35.5. The van der Waals surface area contributed by atoms with E-state index in [1.807, 2.05) is 0 Å². The van der Waals surface area contributed by atoms with E-state index in [1.54, 1.807) is 12.1 Å². The molecule has 0 aliphatic rings. The fourth-order valence-corrected chi connectivity index (χ4v) is 2.95. The van der Waals surface area contributed by atoms with Gasteiger partial charge >= 0.3 is 0 Å². The van der Waals surface area contributed by atoms with Crippen molar-refractivity contribution in [2.45, 2.75) is 6.54 Å². The molecule has 3 amide bonds.